The molecule has 1 aliphatic rings. The molecule has 9 heteroatoms. The maximum atomic E-state index is 13.0. The highest BCUT2D eigenvalue weighted by Gasteiger charge is 2.23. The van der Waals surface area contributed by atoms with Crippen LogP contribution in [0.15, 0.2) is 60.9 Å². The molecule has 3 heterocycles. The van der Waals surface area contributed by atoms with E-state index in [2.05, 4.69) is 46.2 Å². The van der Waals surface area contributed by atoms with Gasteiger partial charge in [-0.25, -0.2) is 4.98 Å². The first kappa shape index (κ1) is 27.5. The number of hydrogen-bond acceptors (Lipinski definition) is 8. The Hall–Kier alpha value is -3.53. The van der Waals surface area contributed by atoms with Crippen LogP contribution in [0.5, 0.6) is 5.75 Å². The SMILES string of the molecule is CC(C)(Cc1cccc(CC(=O)N2CCN(c3ccncc3)CC2)c1)NCC(O)c1ccc(O)c(CO)n1. The summed E-state index contributed by atoms with van der Waals surface area (Å²) < 4.78 is 0. The molecule has 1 aromatic carbocycles. The van der Waals surface area contributed by atoms with Crippen LogP contribution in [-0.2, 0) is 24.2 Å². The Balaban J connectivity index is 1.28. The van der Waals surface area contributed by atoms with Crippen LogP contribution in [-0.4, -0.2) is 74.4 Å². The average molecular weight is 520 g/mol. The van der Waals surface area contributed by atoms with E-state index in [4.69, 9.17) is 0 Å². The molecule has 3 aromatic rings. The minimum atomic E-state index is -0.886. The van der Waals surface area contributed by atoms with Gasteiger partial charge in [-0.2, -0.15) is 0 Å². The Morgan fingerprint density at radius 2 is 1.76 bits per heavy atom. The lowest BCUT2D eigenvalue weighted by Gasteiger charge is -2.36. The molecule has 4 N–H and O–H groups in total. The maximum Gasteiger partial charge on any atom is 0.227 e. The average Bonchev–Trinajstić information content (AvgIpc) is 2.92. The molecule has 1 unspecified atom stereocenters. The predicted octanol–water partition coefficient (Wildman–Crippen LogP) is 2.21. The Morgan fingerprint density at radius 1 is 1.05 bits per heavy atom. The smallest absolute Gasteiger partial charge is 0.227 e. The van der Waals surface area contributed by atoms with Crippen molar-refractivity contribution in [3.05, 3.63) is 83.4 Å². The number of pyridine rings is 2. The standard InChI is InChI=1S/C29H37N5O4/c1-29(2,31-19-27(37)24-6-7-26(36)25(20-35)32-24)18-22-5-3-4-21(16-22)17-28(38)34-14-12-33(13-15-34)23-8-10-30-11-9-23/h3-11,16,27,31,35-37H,12-15,17-20H2,1-2H3. The summed E-state index contributed by atoms with van der Waals surface area (Å²) in [5.41, 5.74) is 3.43. The Kier molecular flexibility index (Phi) is 8.93. The van der Waals surface area contributed by atoms with Crippen molar-refractivity contribution in [2.75, 3.05) is 37.6 Å². The summed E-state index contributed by atoms with van der Waals surface area (Å²) >= 11 is 0. The lowest BCUT2D eigenvalue weighted by atomic mass is 9.93. The van der Waals surface area contributed by atoms with E-state index in [1.807, 2.05) is 29.2 Å². The molecule has 1 atom stereocenters. The molecule has 0 bridgehead atoms. The third-order valence-electron chi connectivity index (χ3n) is 6.89. The lowest BCUT2D eigenvalue weighted by Crippen LogP contribution is -2.49. The maximum absolute atomic E-state index is 13.0. The summed E-state index contributed by atoms with van der Waals surface area (Å²) in [6.07, 6.45) is 3.77. The minimum Gasteiger partial charge on any atom is -0.506 e. The van der Waals surface area contributed by atoms with Crippen LogP contribution in [0.3, 0.4) is 0 Å². The van der Waals surface area contributed by atoms with Gasteiger partial charge in [0.15, 0.2) is 0 Å². The molecule has 1 amide bonds. The number of aliphatic hydroxyl groups excluding tert-OH is 2. The van der Waals surface area contributed by atoms with Gasteiger partial charge in [0.2, 0.25) is 5.91 Å². The molecule has 202 valence electrons. The molecule has 9 nitrogen and oxygen atoms in total. The molecule has 38 heavy (non-hydrogen) atoms. The van der Waals surface area contributed by atoms with E-state index in [-0.39, 0.29) is 29.4 Å². The van der Waals surface area contributed by atoms with Crippen molar-refractivity contribution in [1.29, 1.82) is 0 Å². The molecular weight excluding hydrogens is 482 g/mol. The summed E-state index contributed by atoms with van der Waals surface area (Å²) in [5.74, 6) is 0.0444. The molecule has 1 aliphatic heterocycles. The van der Waals surface area contributed by atoms with Gasteiger partial charge in [0.05, 0.1) is 18.7 Å². The third kappa shape index (κ3) is 7.28. The molecule has 0 spiro atoms. The molecule has 2 aromatic heterocycles. The highest BCUT2D eigenvalue weighted by atomic mass is 16.3. The van der Waals surface area contributed by atoms with Crippen molar-refractivity contribution in [2.24, 2.45) is 0 Å². The first-order chi connectivity index (χ1) is 18.2. The van der Waals surface area contributed by atoms with Crippen molar-refractivity contribution in [2.45, 2.75) is 44.9 Å². The Bertz CT molecular complexity index is 1210. The third-order valence-corrected chi connectivity index (χ3v) is 6.89. The Morgan fingerprint density at radius 3 is 2.47 bits per heavy atom. The zero-order valence-electron chi connectivity index (χ0n) is 22.0. The topological polar surface area (TPSA) is 122 Å². The fraction of sp³-hybridized carbons (Fsp3) is 0.414. The molecule has 1 saturated heterocycles. The lowest BCUT2D eigenvalue weighted by molar-refractivity contribution is -0.130. The number of nitrogens with zero attached hydrogens (tertiary/aromatic N) is 4. The van der Waals surface area contributed by atoms with Crippen LogP contribution < -0.4 is 10.2 Å². The summed E-state index contributed by atoms with van der Waals surface area (Å²) in [7, 11) is 0. The van der Waals surface area contributed by atoms with Crippen molar-refractivity contribution in [3.63, 3.8) is 0 Å². The van der Waals surface area contributed by atoms with E-state index >= 15 is 0 Å². The van der Waals surface area contributed by atoms with E-state index in [0.29, 0.717) is 31.6 Å². The summed E-state index contributed by atoms with van der Waals surface area (Å²) in [6, 6.07) is 15.1. The number of rotatable bonds is 10. The number of hydrogen-bond donors (Lipinski definition) is 4. The zero-order valence-corrected chi connectivity index (χ0v) is 22.0. The van der Waals surface area contributed by atoms with E-state index in [0.717, 1.165) is 29.9 Å². The normalized spacial score (nSPS) is 14.9. The second-order valence-electron chi connectivity index (χ2n) is 10.4. The monoisotopic (exact) mass is 519 g/mol. The second-order valence-corrected chi connectivity index (χ2v) is 10.4. The number of aliphatic hydroxyl groups is 2. The van der Waals surface area contributed by atoms with E-state index in [9.17, 15) is 20.1 Å². The summed E-state index contributed by atoms with van der Waals surface area (Å²) in [4.78, 5) is 25.4. The fourth-order valence-corrected chi connectivity index (χ4v) is 4.77. The number of piperazine rings is 1. The van der Waals surface area contributed by atoms with Crippen LogP contribution in [0.25, 0.3) is 0 Å². The highest BCUT2D eigenvalue weighted by Crippen LogP contribution is 2.21. The van der Waals surface area contributed by atoms with Gasteiger partial charge in [-0.1, -0.05) is 24.3 Å². The molecule has 0 aliphatic carbocycles. The molecule has 0 saturated carbocycles. The number of carbonyl (C=O) groups excluding carboxylic acids is 1. The second kappa shape index (κ2) is 12.3. The number of carbonyl (C=O) groups is 1. The number of β-amino-alcohol motifs (C(OH)–C–C–N with tert-alkyl or cyclic N) is 1. The van der Waals surface area contributed by atoms with Crippen molar-refractivity contribution < 1.29 is 20.1 Å². The minimum absolute atomic E-state index is 0.0951. The number of nitrogens with one attached hydrogen (secondary N) is 1. The van der Waals surface area contributed by atoms with Crippen molar-refractivity contribution >= 4 is 11.6 Å². The molecule has 0 radical (unpaired) electrons. The highest BCUT2D eigenvalue weighted by molar-refractivity contribution is 5.79. The van der Waals surface area contributed by atoms with Gasteiger partial charge in [0, 0.05) is 56.3 Å². The van der Waals surface area contributed by atoms with E-state index in [1.54, 1.807) is 18.5 Å². The van der Waals surface area contributed by atoms with Gasteiger partial charge in [0.25, 0.3) is 0 Å². The van der Waals surface area contributed by atoms with Crippen molar-refractivity contribution in [3.8, 4) is 5.75 Å². The van der Waals surface area contributed by atoms with E-state index in [1.165, 1.54) is 6.07 Å². The number of aromatic hydroxyl groups is 1. The van der Waals surface area contributed by atoms with Gasteiger partial charge >= 0.3 is 0 Å². The quantitative estimate of drug-likeness (QED) is 0.322. The predicted molar refractivity (Wildman–Crippen MR) is 146 cm³/mol. The van der Waals surface area contributed by atoms with Gasteiger partial charge in [-0.3, -0.25) is 9.78 Å². The first-order valence-electron chi connectivity index (χ1n) is 13.0. The van der Waals surface area contributed by atoms with Gasteiger partial charge < -0.3 is 30.4 Å². The van der Waals surface area contributed by atoms with Crippen LogP contribution in [0.4, 0.5) is 5.69 Å². The van der Waals surface area contributed by atoms with Crippen LogP contribution in [0, 0.1) is 0 Å². The van der Waals surface area contributed by atoms with Gasteiger partial charge in [-0.15, -0.1) is 0 Å². The fourth-order valence-electron chi connectivity index (χ4n) is 4.77. The number of aromatic nitrogens is 2. The van der Waals surface area contributed by atoms with E-state index < -0.39 is 12.7 Å². The first-order valence-corrected chi connectivity index (χ1v) is 13.0. The number of amides is 1. The zero-order chi connectivity index (χ0) is 27.1. The van der Waals surface area contributed by atoms with Crippen molar-refractivity contribution in [1.82, 2.24) is 20.2 Å². The number of anilines is 1. The van der Waals surface area contributed by atoms with Crippen LogP contribution >= 0.6 is 0 Å². The Labute approximate surface area is 223 Å². The van der Waals surface area contributed by atoms with Gasteiger partial charge in [-0.05, 0) is 55.7 Å². The van der Waals surface area contributed by atoms with Gasteiger partial charge in [0.1, 0.15) is 17.5 Å². The molecular formula is C29H37N5O4. The van der Waals surface area contributed by atoms with Crippen LogP contribution in [0.1, 0.15) is 42.5 Å². The van der Waals surface area contributed by atoms with Crippen LogP contribution in [0.2, 0.25) is 0 Å². The summed E-state index contributed by atoms with van der Waals surface area (Å²) in [6.45, 7) is 7.01. The largest absolute Gasteiger partial charge is 0.506 e. The molecule has 4 rings (SSSR count). The molecule has 1 fully saturated rings. The summed E-state index contributed by atoms with van der Waals surface area (Å²) in [5, 5.41) is 33.0. The number of benzene rings is 1.